The van der Waals surface area contributed by atoms with Crippen molar-refractivity contribution in [2.75, 3.05) is 32.9 Å². The number of benzene rings is 1. The maximum absolute atomic E-state index is 11.5. The average Bonchev–Trinajstić information content (AvgIpc) is 2.91. The van der Waals surface area contributed by atoms with Crippen LogP contribution in [0.3, 0.4) is 0 Å². The van der Waals surface area contributed by atoms with Gasteiger partial charge in [0.2, 0.25) is 0 Å². The zero-order chi connectivity index (χ0) is 27.7. The minimum atomic E-state index is -2.02. The number of carbonyl (C=O) groups excluding carboxylic acids is 1. The number of nitrogens with one attached hydrogen (secondary N) is 1. The number of hydrogen-bond acceptors (Lipinski definition) is 7. The maximum atomic E-state index is 11.5. The molecule has 1 aromatic carbocycles. The SMILES string of the molecule is CCCCCCCCCCCCCCc1ccc(OCC(COP(O)OCCCNCC)OC(C)=O)cc1. The van der Waals surface area contributed by atoms with Crippen LogP contribution >= 0.6 is 8.60 Å². The van der Waals surface area contributed by atoms with Crippen molar-refractivity contribution in [1.29, 1.82) is 0 Å². The van der Waals surface area contributed by atoms with Gasteiger partial charge in [-0.1, -0.05) is 96.6 Å². The van der Waals surface area contributed by atoms with Gasteiger partial charge in [0, 0.05) is 6.92 Å². The molecule has 0 aromatic heterocycles. The number of esters is 1. The Balaban J connectivity index is 2.18. The monoisotopic (exact) mass is 555 g/mol. The number of unbranched alkanes of at least 4 members (excludes halogenated alkanes) is 11. The molecule has 0 spiro atoms. The van der Waals surface area contributed by atoms with Gasteiger partial charge in [-0.2, -0.15) is 0 Å². The molecule has 0 saturated heterocycles. The molecule has 8 heteroatoms. The molecule has 220 valence electrons. The largest absolute Gasteiger partial charge is 0.490 e. The van der Waals surface area contributed by atoms with Crippen LogP contribution in [-0.2, 0) is 25.0 Å². The van der Waals surface area contributed by atoms with Crippen molar-refractivity contribution in [3.8, 4) is 5.75 Å². The molecule has 1 aromatic rings. The molecule has 0 heterocycles. The van der Waals surface area contributed by atoms with Crippen molar-refractivity contribution in [3.63, 3.8) is 0 Å². The topological polar surface area (TPSA) is 86.2 Å². The molecule has 38 heavy (non-hydrogen) atoms. The molecule has 0 amide bonds. The summed E-state index contributed by atoms with van der Waals surface area (Å²) in [7, 11) is -2.02. The van der Waals surface area contributed by atoms with Gasteiger partial charge in [-0.25, -0.2) is 0 Å². The first-order valence-corrected chi connectivity index (χ1v) is 16.0. The van der Waals surface area contributed by atoms with Gasteiger partial charge < -0.3 is 28.7 Å². The Morgan fingerprint density at radius 1 is 0.842 bits per heavy atom. The molecule has 2 unspecified atom stereocenters. The summed E-state index contributed by atoms with van der Waals surface area (Å²) in [6.07, 6.45) is 17.5. The van der Waals surface area contributed by atoms with E-state index in [1.165, 1.54) is 89.5 Å². The molecule has 0 radical (unpaired) electrons. The third-order valence-electron chi connectivity index (χ3n) is 6.33. The Hall–Kier alpha value is -1.24. The summed E-state index contributed by atoms with van der Waals surface area (Å²) in [4.78, 5) is 21.4. The predicted molar refractivity (Wildman–Crippen MR) is 156 cm³/mol. The summed E-state index contributed by atoms with van der Waals surface area (Å²) < 4.78 is 21.7. The Bertz CT molecular complexity index is 675. The van der Waals surface area contributed by atoms with Crippen LogP contribution in [0.25, 0.3) is 0 Å². The summed E-state index contributed by atoms with van der Waals surface area (Å²) in [6, 6.07) is 8.10. The smallest absolute Gasteiger partial charge is 0.329 e. The van der Waals surface area contributed by atoms with Crippen LogP contribution in [0.1, 0.15) is 110 Å². The van der Waals surface area contributed by atoms with Crippen LogP contribution < -0.4 is 10.1 Å². The average molecular weight is 556 g/mol. The predicted octanol–water partition coefficient (Wildman–Crippen LogP) is 7.49. The molecular formula is C30H54NO6P. The van der Waals surface area contributed by atoms with Crippen LogP contribution in [0.15, 0.2) is 24.3 Å². The van der Waals surface area contributed by atoms with Gasteiger partial charge in [0.25, 0.3) is 0 Å². The van der Waals surface area contributed by atoms with Crippen molar-refractivity contribution >= 4 is 14.6 Å². The van der Waals surface area contributed by atoms with Crippen LogP contribution in [0.4, 0.5) is 0 Å². The normalized spacial score (nSPS) is 12.8. The summed E-state index contributed by atoms with van der Waals surface area (Å²) in [5.41, 5.74) is 1.31. The minimum Gasteiger partial charge on any atom is -0.490 e. The summed E-state index contributed by atoms with van der Waals surface area (Å²) in [6.45, 7) is 7.92. The lowest BCUT2D eigenvalue weighted by atomic mass is 10.0. The molecule has 0 fully saturated rings. The summed E-state index contributed by atoms with van der Waals surface area (Å²) in [5, 5.41) is 3.19. The highest BCUT2D eigenvalue weighted by molar-refractivity contribution is 7.40. The third-order valence-corrected chi connectivity index (χ3v) is 7.10. The number of ether oxygens (including phenoxy) is 2. The molecular weight excluding hydrogens is 501 g/mol. The number of aryl methyl sites for hydroxylation is 1. The second kappa shape index (κ2) is 24.8. The molecule has 7 nitrogen and oxygen atoms in total. The second-order valence-corrected chi connectivity index (χ2v) is 10.9. The van der Waals surface area contributed by atoms with E-state index < -0.39 is 20.7 Å². The van der Waals surface area contributed by atoms with Gasteiger partial charge in [-0.15, -0.1) is 0 Å². The zero-order valence-corrected chi connectivity index (χ0v) is 25.2. The number of carbonyl (C=O) groups is 1. The fourth-order valence-electron chi connectivity index (χ4n) is 4.16. The first kappa shape index (κ1) is 34.8. The third kappa shape index (κ3) is 20.7. The van der Waals surface area contributed by atoms with Gasteiger partial charge in [-0.05, 0) is 50.0 Å². The van der Waals surface area contributed by atoms with E-state index in [9.17, 15) is 9.69 Å². The van der Waals surface area contributed by atoms with Gasteiger partial charge in [0.1, 0.15) is 12.4 Å². The van der Waals surface area contributed by atoms with Crippen molar-refractivity contribution in [2.24, 2.45) is 0 Å². The molecule has 1 rings (SSSR count). The van der Waals surface area contributed by atoms with Crippen molar-refractivity contribution < 1.29 is 28.2 Å². The molecule has 2 N–H and O–H groups in total. The van der Waals surface area contributed by atoms with Crippen molar-refractivity contribution in [1.82, 2.24) is 5.32 Å². The highest BCUT2D eigenvalue weighted by Crippen LogP contribution is 2.33. The highest BCUT2D eigenvalue weighted by atomic mass is 31.2. The maximum Gasteiger partial charge on any atom is 0.329 e. The number of hydrogen-bond donors (Lipinski definition) is 2. The quantitative estimate of drug-likeness (QED) is 0.0696. The van der Waals surface area contributed by atoms with Crippen molar-refractivity contribution in [2.45, 2.75) is 117 Å². The van der Waals surface area contributed by atoms with Gasteiger partial charge in [0.15, 0.2) is 6.10 Å². The van der Waals surface area contributed by atoms with Crippen LogP contribution in [0.5, 0.6) is 5.75 Å². The summed E-state index contributed by atoms with van der Waals surface area (Å²) in [5.74, 6) is 0.292. The Morgan fingerprint density at radius 2 is 1.45 bits per heavy atom. The minimum absolute atomic E-state index is 0.00599. The lowest BCUT2D eigenvalue weighted by molar-refractivity contribution is -0.149. The van der Waals surface area contributed by atoms with E-state index in [-0.39, 0.29) is 13.2 Å². The van der Waals surface area contributed by atoms with E-state index >= 15 is 0 Å². The van der Waals surface area contributed by atoms with Crippen LogP contribution in [0, 0.1) is 0 Å². The van der Waals surface area contributed by atoms with Gasteiger partial charge in [0.05, 0.1) is 13.2 Å². The lowest BCUT2D eigenvalue weighted by Gasteiger charge is -2.19. The number of rotatable bonds is 26. The van der Waals surface area contributed by atoms with E-state index in [4.69, 9.17) is 18.5 Å². The first-order chi connectivity index (χ1) is 18.5. The van der Waals surface area contributed by atoms with Gasteiger partial charge >= 0.3 is 14.6 Å². The molecule has 0 saturated carbocycles. The van der Waals surface area contributed by atoms with Crippen LogP contribution in [-0.4, -0.2) is 49.9 Å². The van der Waals surface area contributed by atoms with E-state index in [1.54, 1.807) is 0 Å². The molecule has 2 atom stereocenters. The molecule has 0 aliphatic heterocycles. The Kier molecular flexibility index (Phi) is 22.7. The van der Waals surface area contributed by atoms with E-state index in [0.717, 1.165) is 25.9 Å². The zero-order valence-electron chi connectivity index (χ0n) is 24.3. The molecule has 0 aliphatic carbocycles. The Morgan fingerprint density at radius 3 is 2.03 bits per heavy atom. The second-order valence-electron chi connectivity index (χ2n) is 9.90. The van der Waals surface area contributed by atoms with Crippen LogP contribution in [0.2, 0.25) is 0 Å². The molecule has 0 aliphatic rings. The first-order valence-electron chi connectivity index (χ1n) is 14.9. The van der Waals surface area contributed by atoms with Gasteiger partial charge in [-0.3, -0.25) is 4.79 Å². The standard InChI is InChI=1S/C30H54NO6P/c1-4-6-7-8-9-10-11-12-13-14-15-16-18-28-19-21-29(22-20-28)34-25-30(37-27(3)32)26-36-38(33)35-24-17-23-31-5-2/h19-22,30-31,33H,4-18,23-26H2,1-3H3. The fourth-order valence-corrected chi connectivity index (χ4v) is 4.82. The lowest BCUT2D eigenvalue weighted by Crippen LogP contribution is -2.28. The van der Waals surface area contributed by atoms with E-state index in [0.29, 0.717) is 12.4 Å². The fraction of sp³-hybridized carbons (Fsp3) is 0.767. The Labute approximate surface area is 233 Å². The highest BCUT2D eigenvalue weighted by Gasteiger charge is 2.17. The van der Waals surface area contributed by atoms with Crippen molar-refractivity contribution in [3.05, 3.63) is 29.8 Å². The van der Waals surface area contributed by atoms with E-state index in [1.807, 2.05) is 19.1 Å². The molecule has 0 bridgehead atoms. The van der Waals surface area contributed by atoms with E-state index in [2.05, 4.69) is 24.4 Å². The summed E-state index contributed by atoms with van der Waals surface area (Å²) >= 11 is 0.